The molecule has 0 bridgehead atoms. The van der Waals surface area contributed by atoms with Crippen LogP contribution in [0.3, 0.4) is 0 Å². The maximum Gasteiger partial charge on any atom is 0.333 e. The van der Waals surface area contributed by atoms with Crippen LogP contribution in [0.2, 0.25) is 0 Å². The fourth-order valence-corrected chi connectivity index (χ4v) is 3.87. The van der Waals surface area contributed by atoms with Gasteiger partial charge in [0.1, 0.15) is 0 Å². The molecule has 1 atom stereocenters. The monoisotopic (exact) mass is 419 g/mol. The van der Waals surface area contributed by atoms with Gasteiger partial charge in [0.2, 0.25) is 0 Å². The van der Waals surface area contributed by atoms with Gasteiger partial charge in [0, 0.05) is 22.3 Å². The van der Waals surface area contributed by atoms with Crippen molar-refractivity contribution in [1.29, 1.82) is 0 Å². The summed E-state index contributed by atoms with van der Waals surface area (Å²) in [6, 6.07) is 14.8. The van der Waals surface area contributed by atoms with E-state index in [2.05, 4.69) is 27.5 Å². The number of ether oxygens (including phenoxy) is 1. The van der Waals surface area contributed by atoms with Crippen molar-refractivity contribution in [2.75, 3.05) is 13.4 Å². The molecule has 1 unspecified atom stereocenters. The Bertz CT molecular complexity index is 1200. The summed E-state index contributed by atoms with van der Waals surface area (Å²) in [5.41, 5.74) is 3.33. The molecule has 2 rings (SSSR count). The van der Waals surface area contributed by atoms with E-state index in [4.69, 9.17) is 0 Å². The molecular weight excluding hydrogens is 394 g/mol. The van der Waals surface area contributed by atoms with E-state index in [9.17, 15) is 9.00 Å². The molecule has 0 saturated heterocycles. The number of hydrogen-bond acceptors (Lipinski definition) is 4. The molecule has 4 nitrogen and oxygen atoms in total. The molecule has 0 saturated carbocycles. The van der Waals surface area contributed by atoms with Crippen molar-refractivity contribution in [1.82, 2.24) is 0 Å². The number of carbonyl (C=O) groups excluding carboxylic acids is 1. The Labute approximate surface area is 179 Å². The fraction of sp³-hybridized carbons (Fsp3) is 0.160. The quantitative estimate of drug-likeness (QED) is 0.283. The van der Waals surface area contributed by atoms with E-state index in [0.717, 1.165) is 5.56 Å². The van der Waals surface area contributed by atoms with Crippen molar-refractivity contribution >= 4 is 21.4 Å². The minimum absolute atomic E-state index is 0.402. The van der Waals surface area contributed by atoms with Crippen LogP contribution in [0.15, 0.2) is 93.7 Å². The molecule has 0 amide bonds. The van der Waals surface area contributed by atoms with Crippen LogP contribution < -0.4 is 0 Å². The van der Waals surface area contributed by atoms with E-state index in [-0.39, 0.29) is 0 Å². The first-order valence-corrected chi connectivity index (χ1v) is 11.2. The molecule has 0 aliphatic rings. The van der Waals surface area contributed by atoms with Crippen molar-refractivity contribution in [3.8, 4) is 11.8 Å². The maximum atomic E-state index is 13.2. The summed E-state index contributed by atoms with van der Waals surface area (Å²) in [5.74, 6) is 5.68. The second-order valence-electron chi connectivity index (χ2n) is 6.64. The lowest BCUT2D eigenvalue weighted by Crippen LogP contribution is -2.00. The number of esters is 1. The number of nitrogens with zero attached hydrogens (tertiary/aromatic N) is 1. The standard InChI is InChI=1S/C25H25NO3S/c1-6-21(15-14-20(3)25(27)29-4)16-17-22-11-7-8-13-24(22)26-30(5,28)23-12-9-10-19(2)18-23/h6-15,18H,1H2,2-5H3/b20-14+,21-15+. The zero-order valence-electron chi connectivity index (χ0n) is 17.6. The minimum Gasteiger partial charge on any atom is -0.466 e. The van der Waals surface area contributed by atoms with Gasteiger partial charge in [0.15, 0.2) is 0 Å². The molecule has 0 N–H and O–H groups in total. The first kappa shape index (κ1) is 22.9. The normalized spacial score (nSPS) is 13.5. The maximum absolute atomic E-state index is 13.2. The van der Waals surface area contributed by atoms with E-state index in [1.54, 1.807) is 37.5 Å². The molecule has 0 heterocycles. The highest BCUT2D eigenvalue weighted by molar-refractivity contribution is 7.93. The van der Waals surface area contributed by atoms with E-state index in [1.165, 1.54) is 7.11 Å². The van der Waals surface area contributed by atoms with Gasteiger partial charge in [-0.2, -0.15) is 4.36 Å². The van der Waals surface area contributed by atoms with Gasteiger partial charge < -0.3 is 4.74 Å². The molecule has 2 aromatic rings. The van der Waals surface area contributed by atoms with Gasteiger partial charge in [0.05, 0.1) is 28.1 Å². The summed E-state index contributed by atoms with van der Waals surface area (Å²) in [5, 5.41) is 0. The van der Waals surface area contributed by atoms with E-state index in [0.29, 0.717) is 27.3 Å². The number of aryl methyl sites for hydroxylation is 1. The lowest BCUT2D eigenvalue weighted by atomic mass is 10.1. The number of hydrogen-bond donors (Lipinski definition) is 0. The molecule has 154 valence electrons. The first-order valence-electron chi connectivity index (χ1n) is 9.26. The Morgan fingerprint density at radius 2 is 1.90 bits per heavy atom. The predicted molar refractivity (Wildman–Crippen MR) is 123 cm³/mol. The van der Waals surface area contributed by atoms with Gasteiger partial charge in [-0.05, 0) is 49.8 Å². The first-order chi connectivity index (χ1) is 14.3. The topological polar surface area (TPSA) is 55.7 Å². The molecule has 0 radical (unpaired) electrons. The van der Waals surface area contributed by atoms with Crippen LogP contribution in [0, 0.1) is 18.8 Å². The van der Waals surface area contributed by atoms with Crippen LogP contribution in [-0.4, -0.2) is 23.5 Å². The Balaban J connectivity index is 2.45. The number of carbonyl (C=O) groups is 1. The van der Waals surface area contributed by atoms with Crippen molar-refractivity contribution < 1.29 is 13.7 Å². The number of methoxy groups -OCH3 is 1. The molecule has 0 spiro atoms. The second kappa shape index (κ2) is 10.4. The Morgan fingerprint density at radius 3 is 2.57 bits per heavy atom. The van der Waals surface area contributed by atoms with Gasteiger partial charge in [-0.25, -0.2) is 9.00 Å². The summed E-state index contributed by atoms with van der Waals surface area (Å²) in [7, 11) is -1.29. The van der Waals surface area contributed by atoms with Crippen LogP contribution in [0.25, 0.3) is 0 Å². The van der Waals surface area contributed by atoms with Crippen LogP contribution >= 0.6 is 0 Å². The molecule has 0 fully saturated rings. The molecule has 0 aliphatic heterocycles. The third kappa shape index (κ3) is 6.33. The zero-order chi connectivity index (χ0) is 22.1. The van der Waals surface area contributed by atoms with E-state index in [1.807, 2.05) is 49.4 Å². The number of benzene rings is 2. The van der Waals surface area contributed by atoms with Crippen molar-refractivity contribution in [3.63, 3.8) is 0 Å². The van der Waals surface area contributed by atoms with Crippen LogP contribution in [0.5, 0.6) is 0 Å². The van der Waals surface area contributed by atoms with Crippen LogP contribution in [-0.2, 0) is 19.3 Å². The molecule has 0 aliphatic carbocycles. The third-order valence-corrected chi connectivity index (χ3v) is 5.86. The number of allylic oxidation sites excluding steroid dienone is 4. The van der Waals surface area contributed by atoms with Gasteiger partial charge in [-0.1, -0.05) is 54.8 Å². The molecule has 0 aromatic heterocycles. The number of rotatable bonds is 5. The molecular formula is C25H25NO3S. The van der Waals surface area contributed by atoms with E-state index < -0.39 is 15.7 Å². The average molecular weight is 420 g/mol. The summed E-state index contributed by atoms with van der Waals surface area (Å²) < 4.78 is 22.4. The lowest BCUT2D eigenvalue weighted by molar-refractivity contribution is -0.136. The van der Waals surface area contributed by atoms with Gasteiger partial charge in [-0.3, -0.25) is 0 Å². The van der Waals surface area contributed by atoms with Crippen molar-refractivity contribution in [2.24, 2.45) is 4.36 Å². The third-order valence-electron chi connectivity index (χ3n) is 4.19. The fourth-order valence-electron chi connectivity index (χ4n) is 2.49. The highest BCUT2D eigenvalue weighted by atomic mass is 32.2. The Morgan fingerprint density at radius 1 is 1.17 bits per heavy atom. The predicted octanol–water partition coefficient (Wildman–Crippen LogP) is 5.37. The lowest BCUT2D eigenvalue weighted by Gasteiger charge is -2.06. The summed E-state index contributed by atoms with van der Waals surface area (Å²) in [6.45, 7) is 7.38. The Kier molecular flexibility index (Phi) is 7.97. The van der Waals surface area contributed by atoms with Crippen LogP contribution in [0.1, 0.15) is 18.1 Å². The molecule has 2 aromatic carbocycles. The van der Waals surface area contributed by atoms with E-state index >= 15 is 0 Å². The summed E-state index contributed by atoms with van der Waals surface area (Å²) in [6.07, 6.45) is 6.55. The molecule has 30 heavy (non-hydrogen) atoms. The van der Waals surface area contributed by atoms with Crippen LogP contribution in [0.4, 0.5) is 5.69 Å². The highest BCUT2D eigenvalue weighted by Crippen LogP contribution is 2.23. The zero-order valence-corrected chi connectivity index (χ0v) is 18.5. The molecule has 5 heteroatoms. The summed E-state index contributed by atoms with van der Waals surface area (Å²) >= 11 is 0. The smallest absolute Gasteiger partial charge is 0.333 e. The summed E-state index contributed by atoms with van der Waals surface area (Å²) in [4.78, 5) is 12.2. The van der Waals surface area contributed by atoms with Crippen molar-refractivity contribution in [2.45, 2.75) is 18.7 Å². The largest absolute Gasteiger partial charge is 0.466 e. The minimum atomic E-state index is -2.62. The van der Waals surface area contributed by atoms with Gasteiger partial charge in [0.25, 0.3) is 0 Å². The average Bonchev–Trinajstić information content (AvgIpc) is 2.73. The Hall–Kier alpha value is -3.36. The SMILES string of the molecule is C=C/C(C#Cc1ccccc1N=S(C)(=O)c1cccc(C)c1)=C\C=C(/C)C(=O)OC. The van der Waals surface area contributed by atoms with Gasteiger partial charge in [-0.15, -0.1) is 0 Å². The van der Waals surface area contributed by atoms with Gasteiger partial charge >= 0.3 is 5.97 Å². The highest BCUT2D eigenvalue weighted by Gasteiger charge is 2.08. The second-order valence-corrected chi connectivity index (χ2v) is 8.90. The van der Waals surface area contributed by atoms with Crippen molar-refractivity contribution in [3.05, 3.63) is 95.6 Å².